The first-order valence-corrected chi connectivity index (χ1v) is 8.80. The molecule has 1 amide bonds. The van der Waals surface area contributed by atoms with Crippen LogP contribution in [0.25, 0.3) is 0 Å². The number of likely N-dealkylation sites (tertiary alicyclic amines) is 2. The molecule has 0 spiro atoms. The molecule has 126 valence electrons. The van der Waals surface area contributed by atoms with Crippen LogP contribution in [-0.2, 0) is 11.2 Å². The zero-order chi connectivity index (χ0) is 16.1. The Labute approximate surface area is 138 Å². The first kappa shape index (κ1) is 16.4. The Bertz CT molecular complexity index is 500. The highest BCUT2D eigenvalue weighted by atomic mass is 16.3. The Hall–Kier alpha value is -1.46. The first-order chi connectivity index (χ1) is 11.2. The van der Waals surface area contributed by atoms with E-state index < -0.39 is 6.10 Å². The number of hydrogen-bond donors (Lipinski definition) is 1. The van der Waals surface area contributed by atoms with Gasteiger partial charge in [0.1, 0.15) is 0 Å². The SMILES string of the molecule is O=C(CN1CCCCCC1)N1C[C@@H](Cc2ccccn2)[C@H](O)C1. The summed E-state index contributed by atoms with van der Waals surface area (Å²) in [6.45, 7) is 3.66. The molecule has 5 heteroatoms. The van der Waals surface area contributed by atoms with Crippen molar-refractivity contribution in [2.45, 2.75) is 38.2 Å². The number of rotatable bonds is 4. The quantitative estimate of drug-likeness (QED) is 0.910. The molecule has 5 nitrogen and oxygen atoms in total. The molecule has 1 aromatic heterocycles. The van der Waals surface area contributed by atoms with Gasteiger partial charge in [0.15, 0.2) is 0 Å². The van der Waals surface area contributed by atoms with E-state index in [0.29, 0.717) is 19.6 Å². The van der Waals surface area contributed by atoms with Crippen LogP contribution in [0.5, 0.6) is 0 Å². The molecule has 0 unspecified atom stereocenters. The van der Waals surface area contributed by atoms with Gasteiger partial charge in [-0.25, -0.2) is 0 Å². The van der Waals surface area contributed by atoms with Gasteiger partial charge in [-0.1, -0.05) is 18.9 Å². The molecule has 0 bridgehead atoms. The van der Waals surface area contributed by atoms with Crippen molar-refractivity contribution >= 4 is 5.91 Å². The predicted molar refractivity (Wildman–Crippen MR) is 88.9 cm³/mol. The minimum atomic E-state index is -0.440. The molecule has 1 N–H and O–H groups in total. The van der Waals surface area contributed by atoms with Crippen LogP contribution in [0.4, 0.5) is 0 Å². The summed E-state index contributed by atoms with van der Waals surface area (Å²) in [6, 6.07) is 5.84. The molecule has 0 saturated carbocycles. The van der Waals surface area contributed by atoms with Crippen LogP contribution in [0.1, 0.15) is 31.4 Å². The van der Waals surface area contributed by atoms with Gasteiger partial charge in [0.25, 0.3) is 0 Å². The zero-order valence-electron chi connectivity index (χ0n) is 13.7. The molecular weight excluding hydrogens is 290 g/mol. The standard InChI is InChI=1S/C18H27N3O2/c22-17-13-21(12-15(17)11-16-7-3-4-8-19-16)18(23)14-20-9-5-1-2-6-10-20/h3-4,7-8,15,17,22H,1-2,5-6,9-14H2/t15-,17-/m1/s1. The minimum Gasteiger partial charge on any atom is -0.391 e. The molecule has 2 aliphatic heterocycles. The van der Waals surface area contributed by atoms with E-state index in [1.54, 1.807) is 6.20 Å². The van der Waals surface area contributed by atoms with E-state index in [1.807, 2.05) is 23.1 Å². The number of β-amino-alcohol motifs (C(OH)–C–C–N with tert-alkyl or cyclic N) is 1. The zero-order valence-corrected chi connectivity index (χ0v) is 13.7. The number of pyridine rings is 1. The van der Waals surface area contributed by atoms with E-state index in [1.165, 1.54) is 25.7 Å². The Morgan fingerprint density at radius 2 is 1.96 bits per heavy atom. The topological polar surface area (TPSA) is 56.7 Å². The summed E-state index contributed by atoms with van der Waals surface area (Å²) in [5.41, 5.74) is 0.985. The molecule has 0 aromatic carbocycles. The van der Waals surface area contributed by atoms with Crippen molar-refractivity contribution in [3.8, 4) is 0 Å². The van der Waals surface area contributed by atoms with E-state index in [0.717, 1.165) is 25.2 Å². The number of nitrogens with zero attached hydrogens (tertiary/aromatic N) is 3. The molecular formula is C18H27N3O2. The lowest BCUT2D eigenvalue weighted by molar-refractivity contribution is -0.131. The van der Waals surface area contributed by atoms with Crippen LogP contribution < -0.4 is 0 Å². The maximum atomic E-state index is 12.5. The van der Waals surface area contributed by atoms with Crippen molar-refractivity contribution in [2.24, 2.45) is 5.92 Å². The Kier molecular flexibility index (Phi) is 5.62. The molecule has 2 aliphatic rings. The van der Waals surface area contributed by atoms with Crippen molar-refractivity contribution in [2.75, 3.05) is 32.7 Å². The molecule has 0 aliphatic carbocycles. The number of carbonyl (C=O) groups excluding carboxylic acids is 1. The van der Waals surface area contributed by atoms with Gasteiger partial charge in [-0.3, -0.25) is 14.7 Å². The van der Waals surface area contributed by atoms with Crippen LogP contribution >= 0.6 is 0 Å². The van der Waals surface area contributed by atoms with E-state index in [2.05, 4.69) is 9.88 Å². The average molecular weight is 317 g/mol. The van der Waals surface area contributed by atoms with Crippen molar-refractivity contribution in [1.29, 1.82) is 0 Å². The largest absolute Gasteiger partial charge is 0.391 e. The van der Waals surface area contributed by atoms with Crippen molar-refractivity contribution in [3.63, 3.8) is 0 Å². The number of aliphatic hydroxyl groups excluding tert-OH is 1. The molecule has 3 heterocycles. The lowest BCUT2D eigenvalue weighted by atomic mass is 10.00. The van der Waals surface area contributed by atoms with Gasteiger partial charge in [-0.15, -0.1) is 0 Å². The fourth-order valence-electron chi connectivity index (χ4n) is 3.63. The fraction of sp³-hybridized carbons (Fsp3) is 0.667. The second-order valence-corrected chi connectivity index (χ2v) is 6.84. The van der Waals surface area contributed by atoms with Crippen LogP contribution in [-0.4, -0.2) is 64.6 Å². The Morgan fingerprint density at radius 1 is 1.17 bits per heavy atom. The van der Waals surface area contributed by atoms with Gasteiger partial charge in [0, 0.05) is 30.9 Å². The summed E-state index contributed by atoms with van der Waals surface area (Å²) in [4.78, 5) is 21.0. The maximum Gasteiger partial charge on any atom is 0.236 e. The summed E-state index contributed by atoms with van der Waals surface area (Å²) >= 11 is 0. The van der Waals surface area contributed by atoms with Crippen LogP contribution in [0.3, 0.4) is 0 Å². The summed E-state index contributed by atoms with van der Waals surface area (Å²) in [5.74, 6) is 0.257. The minimum absolute atomic E-state index is 0.0954. The molecule has 3 rings (SSSR count). The number of hydrogen-bond acceptors (Lipinski definition) is 4. The molecule has 23 heavy (non-hydrogen) atoms. The van der Waals surface area contributed by atoms with Crippen LogP contribution in [0.15, 0.2) is 24.4 Å². The van der Waals surface area contributed by atoms with Gasteiger partial charge in [-0.05, 0) is 44.5 Å². The van der Waals surface area contributed by atoms with E-state index in [4.69, 9.17) is 0 Å². The van der Waals surface area contributed by atoms with E-state index in [-0.39, 0.29) is 11.8 Å². The number of aliphatic hydroxyl groups is 1. The predicted octanol–water partition coefficient (Wildman–Crippen LogP) is 1.32. The normalized spacial score (nSPS) is 26.2. The second kappa shape index (κ2) is 7.88. The van der Waals surface area contributed by atoms with E-state index >= 15 is 0 Å². The summed E-state index contributed by atoms with van der Waals surface area (Å²) < 4.78 is 0. The third-order valence-electron chi connectivity index (χ3n) is 5.01. The highest BCUT2D eigenvalue weighted by Gasteiger charge is 2.34. The lowest BCUT2D eigenvalue weighted by Gasteiger charge is -2.23. The highest BCUT2D eigenvalue weighted by Crippen LogP contribution is 2.21. The van der Waals surface area contributed by atoms with Crippen molar-refractivity contribution in [1.82, 2.24) is 14.8 Å². The smallest absolute Gasteiger partial charge is 0.236 e. The third-order valence-corrected chi connectivity index (χ3v) is 5.01. The fourth-order valence-corrected chi connectivity index (χ4v) is 3.63. The lowest BCUT2D eigenvalue weighted by Crippen LogP contribution is -2.40. The maximum absolute atomic E-state index is 12.5. The van der Waals surface area contributed by atoms with E-state index in [9.17, 15) is 9.90 Å². The molecule has 0 radical (unpaired) electrons. The summed E-state index contributed by atoms with van der Waals surface area (Å²) in [5, 5.41) is 10.3. The summed E-state index contributed by atoms with van der Waals surface area (Å²) in [7, 11) is 0. The van der Waals surface area contributed by atoms with Gasteiger partial charge < -0.3 is 10.0 Å². The van der Waals surface area contributed by atoms with Crippen molar-refractivity contribution < 1.29 is 9.90 Å². The van der Waals surface area contributed by atoms with Crippen molar-refractivity contribution in [3.05, 3.63) is 30.1 Å². The number of amides is 1. The van der Waals surface area contributed by atoms with Crippen LogP contribution in [0, 0.1) is 5.92 Å². The molecule has 2 atom stereocenters. The molecule has 2 saturated heterocycles. The van der Waals surface area contributed by atoms with Crippen LogP contribution in [0.2, 0.25) is 0 Å². The number of aromatic nitrogens is 1. The van der Waals surface area contributed by atoms with Gasteiger partial charge in [-0.2, -0.15) is 0 Å². The molecule has 2 fully saturated rings. The highest BCUT2D eigenvalue weighted by molar-refractivity contribution is 5.78. The third kappa shape index (κ3) is 4.52. The Balaban J connectivity index is 1.52. The number of carbonyl (C=O) groups is 1. The Morgan fingerprint density at radius 3 is 2.65 bits per heavy atom. The first-order valence-electron chi connectivity index (χ1n) is 8.80. The van der Waals surface area contributed by atoms with Gasteiger partial charge in [0.05, 0.1) is 12.6 Å². The average Bonchev–Trinajstić information content (AvgIpc) is 2.75. The second-order valence-electron chi connectivity index (χ2n) is 6.84. The monoisotopic (exact) mass is 317 g/mol. The van der Waals surface area contributed by atoms with Gasteiger partial charge in [0.2, 0.25) is 5.91 Å². The summed E-state index contributed by atoms with van der Waals surface area (Å²) in [6.07, 6.45) is 7.01. The van der Waals surface area contributed by atoms with Gasteiger partial charge >= 0.3 is 0 Å². The molecule has 1 aromatic rings.